The Bertz CT molecular complexity index is 596. The highest BCUT2D eigenvalue weighted by molar-refractivity contribution is 6.30. The van der Waals surface area contributed by atoms with Crippen molar-refractivity contribution in [2.45, 2.75) is 13.0 Å². The Morgan fingerprint density at radius 2 is 1.90 bits per heavy atom. The zero-order valence-corrected chi connectivity index (χ0v) is 12.1. The smallest absolute Gasteiger partial charge is 0.337 e. The quantitative estimate of drug-likeness (QED) is 0.853. The van der Waals surface area contributed by atoms with Gasteiger partial charge in [0, 0.05) is 16.8 Å². The van der Waals surface area contributed by atoms with Crippen molar-refractivity contribution in [3.8, 4) is 0 Å². The maximum absolute atomic E-state index is 11.5. The van der Waals surface area contributed by atoms with Gasteiger partial charge in [-0.05, 0) is 42.8 Å². The molecule has 4 heteroatoms. The highest BCUT2D eigenvalue weighted by atomic mass is 35.5. The van der Waals surface area contributed by atoms with E-state index in [4.69, 9.17) is 16.3 Å². The van der Waals surface area contributed by atoms with Crippen molar-refractivity contribution in [3.63, 3.8) is 0 Å². The van der Waals surface area contributed by atoms with Crippen molar-refractivity contribution < 1.29 is 9.53 Å². The van der Waals surface area contributed by atoms with Gasteiger partial charge in [-0.1, -0.05) is 29.8 Å². The molecular weight excluding hydrogens is 274 g/mol. The minimum atomic E-state index is -0.340. The van der Waals surface area contributed by atoms with E-state index in [1.807, 2.05) is 43.3 Å². The summed E-state index contributed by atoms with van der Waals surface area (Å²) in [6.45, 7) is 2.05. The van der Waals surface area contributed by atoms with Crippen molar-refractivity contribution in [3.05, 3.63) is 64.7 Å². The van der Waals surface area contributed by atoms with Gasteiger partial charge in [0.05, 0.1) is 12.7 Å². The van der Waals surface area contributed by atoms with Crippen LogP contribution in [0.5, 0.6) is 0 Å². The van der Waals surface area contributed by atoms with E-state index in [-0.39, 0.29) is 12.0 Å². The number of carbonyl (C=O) groups is 1. The molecule has 0 radical (unpaired) electrons. The molecule has 3 nitrogen and oxygen atoms in total. The van der Waals surface area contributed by atoms with Gasteiger partial charge in [-0.3, -0.25) is 0 Å². The van der Waals surface area contributed by atoms with Gasteiger partial charge in [0.1, 0.15) is 0 Å². The Morgan fingerprint density at radius 3 is 2.55 bits per heavy atom. The van der Waals surface area contributed by atoms with Crippen molar-refractivity contribution in [2.24, 2.45) is 0 Å². The molecule has 0 heterocycles. The predicted molar refractivity (Wildman–Crippen MR) is 81.3 cm³/mol. The Balaban J connectivity index is 2.13. The topological polar surface area (TPSA) is 38.3 Å². The fraction of sp³-hybridized carbons (Fsp3) is 0.188. The molecule has 0 bridgehead atoms. The molecule has 0 aliphatic rings. The van der Waals surface area contributed by atoms with Crippen molar-refractivity contribution in [1.82, 2.24) is 0 Å². The molecule has 2 rings (SSSR count). The second kappa shape index (κ2) is 6.44. The van der Waals surface area contributed by atoms with Crippen molar-refractivity contribution >= 4 is 23.3 Å². The number of hydrogen-bond acceptors (Lipinski definition) is 3. The van der Waals surface area contributed by atoms with E-state index in [2.05, 4.69) is 5.32 Å². The number of rotatable bonds is 4. The van der Waals surface area contributed by atoms with Crippen LogP contribution in [0.2, 0.25) is 5.02 Å². The summed E-state index contributed by atoms with van der Waals surface area (Å²) in [6, 6.07) is 15.0. The second-order valence-corrected chi connectivity index (χ2v) is 4.93. The zero-order chi connectivity index (χ0) is 14.5. The van der Waals surface area contributed by atoms with Crippen molar-refractivity contribution in [1.29, 1.82) is 0 Å². The van der Waals surface area contributed by atoms with Gasteiger partial charge in [-0.15, -0.1) is 0 Å². The molecule has 2 aromatic carbocycles. The van der Waals surface area contributed by atoms with E-state index in [0.29, 0.717) is 10.6 Å². The number of anilines is 1. The third kappa shape index (κ3) is 3.52. The van der Waals surface area contributed by atoms with E-state index in [9.17, 15) is 4.79 Å². The first-order valence-electron chi connectivity index (χ1n) is 6.30. The lowest BCUT2D eigenvalue weighted by Gasteiger charge is -2.16. The fourth-order valence-electron chi connectivity index (χ4n) is 1.94. The summed E-state index contributed by atoms with van der Waals surface area (Å²) < 4.78 is 4.71. The average molecular weight is 290 g/mol. The van der Waals surface area contributed by atoms with E-state index in [1.165, 1.54) is 7.11 Å². The molecule has 2 aromatic rings. The van der Waals surface area contributed by atoms with E-state index in [1.54, 1.807) is 12.1 Å². The minimum Gasteiger partial charge on any atom is -0.465 e. The number of esters is 1. The van der Waals surface area contributed by atoms with Crippen LogP contribution in [-0.4, -0.2) is 13.1 Å². The number of hydrogen-bond donors (Lipinski definition) is 1. The van der Waals surface area contributed by atoms with Gasteiger partial charge in [-0.2, -0.15) is 0 Å². The zero-order valence-electron chi connectivity index (χ0n) is 11.4. The average Bonchev–Trinajstić information content (AvgIpc) is 2.47. The van der Waals surface area contributed by atoms with Gasteiger partial charge < -0.3 is 10.1 Å². The van der Waals surface area contributed by atoms with Crippen LogP contribution in [0.25, 0.3) is 0 Å². The van der Waals surface area contributed by atoms with Crippen LogP contribution in [0.15, 0.2) is 48.5 Å². The summed E-state index contributed by atoms with van der Waals surface area (Å²) in [5.74, 6) is -0.340. The van der Waals surface area contributed by atoms with Gasteiger partial charge in [0.25, 0.3) is 0 Å². The SMILES string of the molecule is COC(=O)c1cccc(NC(C)c2ccc(Cl)cc2)c1. The van der Waals surface area contributed by atoms with Crippen LogP contribution in [0.3, 0.4) is 0 Å². The van der Waals surface area contributed by atoms with Crippen LogP contribution in [-0.2, 0) is 4.74 Å². The minimum absolute atomic E-state index is 0.111. The maximum Gasteiger partial charge on any atom is 0.337 e. The molecule has 0 saturated carbocycles. The molecule has 0 spiro atoms. The fourth-order valence-corrected chi connectivity index (χ4v) is 2.06. The molecule has 0 aromatic heterocycles. The third-order valence-electron chi connectivity index (χ3n) is 3.04. The van der Waals surface area contributed by atoms with E-state index >= 15 is 0 Å². The van der Waals surface area contributed by atoms with Gasteiger partial charge in [-0.25, -0.2) is 4.79 Å². The summed E-state index contributed by atoms with van der Waals surface area (Å²) in [5, 5.41) is 4.06. The number of nitrogens with one attached hydrogen (secondary N) is 1. The molecule has 1 unspecified atom stereocenters. The van der Waals surface area contributed by atoms with Crippen molar-refractivity contribution in [2.75, 3.05) is 12.4 Å². The van der Waals surface area contributed by atoms with E-state index in [0.717, 1.165) is 11.3 Å². The van der Waals surface area contributed by atoms with Crippen LogP contribution >= 0.6 is 11.6 Å². The Morgan fingerprint density at radius 1 is 1.20 bits per heavy atom. The monoisotopic (exact) mass is 289 g/mol. The number of halogens is 1. The molecule has 0 aliphatic carbocycles. The number of benzene rings is 2. The first-order chi connectivity index (χ1) is 9.60. The first kappa shape index (κ1) is 14.4. The molecule has 1 N–H and O–H groups in total. The summed E-state index contributed by atoms with van der Waals surface area (Å²) in [5.41, 5.74) is 2.52. The predicted octanol–water partition coefficient (Wildman–Crippen LogP) is 4.30. The standard InChI is InChI=1S/C16H16ClNO2/c1-11(12-6-8-14(17)9-7-12)18-15-5-3-4-13(10-15)16(19)20-2/h3-11,18H,1-2H3. The summed E-state index contributed by atoms with van der Waals surface area (Å²) in [6.07, 6.45) is 0. The molecule has 20 heavy (non-hydrogen) atoms. The summed E-state index contributed by atoms with van der Waals surface area (Å²) >= 11 is 5.88. The molecule has 1 atom stereocenters. The van der Waals surface area contributed by atoms with Crippen LogP contribution in [0.1, 0.15) is 28.9 Å². The Labute approximate surface area is 123 Å². The molecule has 0 saturated heterocycles. The largest absolute Gasteiger partial charge is 0.465 e. The first-order valence-corrected chi connectivity index (χ1v) is 6.68. The highest BCUT2D eigenvalue weighted by Gasteiger charge is 2.08. The van der Waals surface area contributed by atoms with Crippen LogP contribution in [0, 0.1) is 0 Å². The highest BCUT2D eigenvalue weighted by Crippen LogP contribution is 2.21. The Hall–Kier alpha value is -2.00. The van der Waals surface area contributed by atoms with Crippen LogP contribution < -0.4 is 5.32 Å². The summed E-state index contributed by atoms with van der Waals surface area (Å²) in [7, 11) is 1.37. The van der Waals surface area contributed by atoms with Gasteiger partial charge in [0.15, 0.2) is 0 Å². The lowest BCUT2D eigenvalue weighted by atomic mass is 10.1. The lowest BCUT2D eigenvalue weighted by molar-refractivity contribution is 0.0601. The van der Waals surface area contributed by atoms with Crippen LogP contribution in [0.4, 0.5) is 5.69 Å². The van der Waals surface area contributed by atoms with Gasteiger partial charge in [0.2, 0.25) is 0 Å². The number of methoxy groups -OCH3 is 1. The maximum atomic E-state index is 11.5. The second-order valence-electron chi connectivity index (χ2n) is 4.49. The third-order valence-corrected chi connectivity index (χ3v) is 3.29. The van der Waals surface area contributed by atoms with Gasteiger partial charge >= 0.3 is 5.97 Å². The molecular formula is C16H16ClNO2. The normalized spacial score (nSPS) is 11.8. The molecule has 0 fully saturated rings. The number of ether oxygens (including phenoxy) is 1. The number of carbonyl (C=O) groups excluding carboxylic acids is 1. The molecule has 0 aliphatic heterocycles. The molecule has 104 valence electrons. The lowest BCUT2D eigenvalue weighted by Crippen LogP contribution is -2.08. The Kier molecular flexibility index (Phi) is 4.64. The molecule has 0 amide bonds. The summed E-state index contributed by atoms with van der Waals surface area (Å²) in [4.78, 5) is 11.5. The van der Waals surface area contributed by atoms with E-state index < -0.39 is 0 Å².